The van der Waals surface area contributed by atoms with Crippen LogP contribution in [-0.2, 0) is 9.59 Å². The van der Waals surface area contributed by atoms with Gasteiger partial charge < -0.3 is 10.8 Å². The molecule has 0 aromatic carbocycles. The fourth-order valence-corrected chi connectivity index (χ4v) is 4.61. The van der Waals surface area contributed by atoms with E-state index < -0.39 is 5.97 Å². The Hall–Kier alpha value is -1.06. The number of carboxylic acids is 1. The minimum absolute atomic E-state index is 0.155. The molecule has 0 atom stereocenters. The van der Waals surface area contributed by atoms with Gasteiger partial charge in [-0.3, -0.25) is 9.59 Å². The van der Waals surface area contributed by atoms with Gasteiger partial charge in [0.2, 0.25) is 5.91 Å². The van der Waals surface area contributed by atoms with Crippen molar-refractivity contribution in [2.24, 2.45) is 5.73 Å². The first-order chi connectivity index (χ1) is 17.5. The van der Waals surface area contributed by atoms with Gasteiger partial charge in [0.05, 0.1) is 0 Å². The molecule has 3 N–H and O–H groups in total. The van der Waals surface area contributed by atoms with Crippen LogP contribution in [0.5, 0.6) is 0 Å². The Morgan fingerprint density at radius 1 is 0.417 bits per heavy atom. The van der Waals surface area contributed by atoms with Crippen LogP contribution in [0.4, 0.5) is 0 Å². The molecule has 4 nitrogen and oxygen atoms in total. The minimum atomic E-state index is -0.655. The van der Waals surface area contributed by atoms with Gasteiger partial charge in [0.25, 0.3) is 0 Å². The van der Waals surface area contributed by atoms with Crippen LogP contribution in [0.2, 0.25) is 0 Å². The monoisotopic (exact) mass is 511 g/mol. The molecule has 36 heavy (non-hydrogen) atoms. The van der Waals surface area contributed by atoms with Crippen LogP contribution < -0.4 is 5.73 Å². The largest absolute Gasteiger partial charge is 0.481 e. The summed E-state index contributed by atoms with van der Waals surface area (Å²) in [4.78, 5) is 20.8. The van der Waals surface area contributed by atoms with Crippen LogP contribution in [0.25, 0.3) is 0 Å². The standard InChI is InChI=1S/C16H33NO.C16H32O2/c2*1-2-3-4-5-6-7-8-9-10-11-12-13-14-15-16(17)18/h2-15H2,1H3,(H2,17,18);2-15H2,1H3,(H,17,18). The van der Waals surface area contributed by atoms with Gasteiger partial charge in [0.15, 0.2) is 0 Å². The summed E-state index contributed by atoms with van der Waals surface area (Å²) in [7, 11) is 0. The van der Waals surface area contributed by atoms with E-state index in [1.54, 1.807) is 0 Å². The second kappa shape index (κ2) is 33.9. The van der Waals surface area contributed by atoms with Crippen molar-refractivity contribution < 1.29 is 14.7 Å². The molecule has 0 aromatic rings. The lowest BCUT2D eigenvalue weighted by Gasteiger charge is -2.02. The molecule has 0 saturated heterocycles. The van der Waals surface area contributed by atoms with Crippen molar-refractivity contribution in [3.05, 3.63) is 0 Å². The van der Waals surface area contributed by atoms with E-state index in [9.17, 15) is 9.59 Å². The Bertz CT molecular complexity index is 399. The molecule has 0 unspecified atom stereocenters. The summed E-state index contributed by atoms with van der Waals surface area (Å²) in [6, 6.07) is 0. The second-order valence-corrected chi connectivity index (χ2v) is 10.8. The lowest BCUT2D eigenvalue weighted by molar-refractivity contribution is -0.137. The maximum atomic E-state index is 10.5. The maximum absolute atomic E-state index is 10.5. The quantitative estimate of drug-likeness (QED) is 0.102. The van der Waals surface area contributed by atoms with Crippen LogP contribution in [-0.4, -0.2) is 17.0 Å². The normalized spacial score (nSPS) is 10.7. The van der Waals surface area contributed by atoms with Gasteiger partial charge in [-0.2, -0.15) is 0 Å². The number of nitrogens with two attached hydrogens (primary N) is 1. The van der Waals surface area contributed by atoms with Crippen molar-refractivity contribution >= 4 is 11.9 Å². The first-order valence-electron chi connectivity index (χ1n) is 16.0. The van der Waals surface area contributed by atoms with Crippen molar-refractivity contribution in [1.29, 1.82) is 0 Å². The number of carboxylic acid groups (broad SMARTS) is 1. The molecular weight excluding hydrogens is 446 g/mol. The highest BCUT2D eigenvalue weighted by molar-refractivity contribution is 5.73. The molecular formula is C32H65NO3. The van der Waals surface area contributed by atoms with Crippen molar-refractivity contribution in [2.45, 2.75) is 194 Å². The van der Waals surface area contributed by atoms with E-state index in [-0.39, 0.29) is 5.91 Å². The van der Waals surface area contributed by atoms with Crippen LogP contribution in [0, 0.1) is 0 Å². The molecule has 0 heterocycles. The summed E-state index contributed by atoms with van der Waals surface area (Å²) in [5, 5.41) is 8.49. The molecule has 0 spiro atoms. The van der Waals surface area contributed by atoms with Crippen molar-refractivity contribution in [3.8, 4) is 0 Å². The van der Waals surface area contributed by atoms with Gasteiger partial charge in [-0.1, -0.05) is 168 Å². The van der Waals surface area contributed by atoms with E-state index in [1.165, 1.54) is 148 Å². The number of amides is 1. The summed E-state index contributed by atoms with van der Waals surface area (Å²) < 4.78 is 0. The number of carbonyl (C=O) groups is 2. The van der Waals surface area contributed by atoms with Gasteiger partial charge in [-0.05, 0) is 12.8 Å². The van der Waals surface area contributed by atoms with Crippen molar-refractivity contribution in [2.75, 3.05) is 0 Å². The Balaban J connectivity index is 0. The number of hydrogen-bond donors (Lipinski definition) is 2. The number of primary amides is 1. The van der Waals surface area contributed by atoms with Gasteiger partial charge in [-0.15, -0.1) is 0 Å². The fraction of sp³-hybridized carbons (Fsp3) is 0.938. The van der Waals surface area contributed by atoms with E-state index in [0.29, 0.717) is 12.8 Å². The number of rotatable bonds is 28. The Morgan fingerprint density at radius 3 is 0.861 bits per heavy atom. The average molecular weight is 512 g/mol. The van der Waals surface area contributed by atoms with Crippen LogP contribution >= 0.6 is 0 Å². The molecule has 0 aliphatic rings. The Morgan fingerprint density at radius 2 is 0.639 bits per heavy atom. The SMILES string of the molecule is CCCCCCCCCCCCCCCC(=O)O.CCCCCCCCCCCCCCCC(N)=O. The van der Waals surface area contributed by atoms with E-state index in [2.05, 4.69) is 13.8 Å². The zero-order valence-corrected chi connectivity index (χ0v) is 24.6. The smallest absolute Gasteiger partial charge is 0.303 e. The predicted octanol–water partition coefficient (Wildman–Crippen LogP) is 10.5. The number of aliphatic carboxylic acids is 1. The van der Waals surface area contributed by atoms with Crippen LogP contribution in [0.3, 0.4) is 0 Å². The van der Waals surface area contributed by atoms with Crippen molar-refractivity contribution in [1.82, 2.24) is 0 Å². The lowest BCUT2D eigenvalue weighted by Crippen LogP contribution is -2.09. The van der Waals surface area contributed by atoms with Crippen LogP contribution in [0.15, 0.2) is 0 Å². The topological polar surface area (TPSA) is 80.4 Å². The highest BCUT2D eigenvalue weighted by Gasteiger charge is 1.97. The average Bonchev–Trinajstić information content (AvgIpc) is 2.85. The predicted molar refractivity (Wildman–Crippen MR) is 157 cm³/mol. The number of carbonyl (C=O) groups excluding carboxylic acids is 1. The summed E-state index contributed by atoms with van der Waals surface area (Å²) in [5.41, 5.74) is 5.09. The fourth-order valence-electron chi connectivity index (χ4n) is 4.61. The zero-order chi connectivity index (χ0) is 27.0. The highest BCUT2D eigenvalue weighted by atomic mass is 16.4. The lowest BCUT2D eigenvalue weighted by atomic mass is 10.0. The van der Waals surface area contributed by atoms with E-state index in [4.69, 9.17) is 10.8 Å². The molecule has 0 aliphatic carbocycles. The van der Waals surface area contributed by atoms with Gasteiger partial charge in [-0.25, -0.2) is 0 Å². The van der Waals surface area contributed by atoms with E-state index in [1.807, 2.05) is 0 Å². The summed E-state index contributed by atoms with van der Waals surface area (Å²) in [5.74, 6) is -0.809. The third-order valence-corrected chi connectivity index (χ3v) is 7.02. The molecule has 0 aromatic heterocycles. The third kappa shape index (κ3) is 40.1. The third-order valence-electron chi connectivity index (χ3n) is 7.02. The molecule has 216 valence electrons. The summed E-state index contributed by atoms with van der Waals surface area (Å²) in [6.07, 6.45) is 35.2. The zero-order valence-electron chi connectivity index (χ0n) is 24.6. The van der Waals surface area contributed by atoms with E-state index >= 15 is 0 Å². The molecule has 4 heteroatoms. The highest BCUT2D eigenvalue weighted by Crippen LogP contribution is 2.14. The van der Waals surface area contributed by atoms with Gasteiger partial charge in [0.1, 0.15) is 0 Å². The van der Waals surface area contributed by atoms with Gasteiger partial charge >= 0.3 is 5.97 Å². The first kappa shape index (κ1) is 37.1. The molecule has 1 amide bonds. The molecule has 0 rings (SSSR count). The van der Waals surface area contributed by atoms with Crippen LogP contribution in [0.1, 0.15) is 194 Å². The summed E-state index contributed by atoms with van der Waals surface area (Å²) in [6.45, 7) is 4.53. The van der Waals surface area contributed by atoms with E-state index in [0.717, 1.165) is 19.3 Å². The van der Waals surface area contributed by atoms with Crippen molar-refractivity contribution in [3.63, 3.8) is 0 Å². The maximum Gasteiger partial charge on any atom is 0.303 e. The molecule has 0 aliphatic heterocycles. The second-order valence-electron chi connectivity index (χ2n) is 10.8. The number of hydrogen-bond acceptors (Lipinski definition) is 2. The molecule has 0 fully saturated rings. The van der Waals surface area contributed by atoms with Gasteiger partial charge in [0, 0.05) is 12.8 Å². The first-order valence-corrected chi connectivity index (χ1v) is 16.0. The number of unbranched alkanes of at least 4 members (excludes halogenated alkanes) is 24. The summed E-state index contributed by atoms with van der Waals surface area (Å²) >= 11 is 0. The molecule has 0 bridgehead atoms. The Labute approximate surface area is 226 Å². The molecule has 0 saturated carbocycles. The minimum Gasteiger partial charge on any atom is -0.481 e. The molecule has 0 radical (unpaired) electrons. The Kier molecular flexibility index (Phi) is 35.0.